The lowest BCUT2D eigenvalue weighted by atomic mass is 10.0. The predicted molar refractivity (Wildman–Crippen MR) is 81.1 cm³/mol. The summed E-state index contributed by atoms with van der Waals surface area (Å²) in [6.07, 6.45) is 7.90. The number of halogens is 1. The molecule has 0 radical (unpaired) electrons. The normalized spacial score (nSPS) is 12.7. The van der Waals surface area contributed by atoms with Crippen LogP contribution in [0.1, 0.15) is 55.7 Å². The van der Waals surface area contributed by atoms with Crippen molar-refractivity contribution in [1.29, 1.82) is 0 Å². The Hall–Kier alpha value is -0.300. The molecule has 0 saturated carbocycles. The van der Waals surface area contributed by atoms with Gasteiger partial charge < -0.3 is 0 Å². The Kier molecular flexibility index (Phi) is 6.87. The lowest BCUT2D eigenvalue weighted by molar-refractivity contribution is 0.619. The molecule has 0 aliphatic carbocycles. The fraction of sp³-hybridized carbons (Fsp3) is 0.625. The summed E-state index contributed by atoms with van der Waals surface area (Å²) >= 11 is 3.81. The molecule has 1 heteroatoms. The average molecular weight is 297 g/mol. The standard InChI is InChI=1S/C16H25Br/c1-4-5-6-7-8-16(17)12-15-10-9-13(2)14(3)11-15/h9-11,16H,4-8,12H2,1-3H3. The van der Waals surface area contributed by atoms with Gasteiger partial charge in [-0.3, -0.25) is 0 Å². The third-order valence-corrected chi connectivity index (χ3v) is 4.18. The SMILES string of the molecule is CCCCCCC(Br)Cc1ccc(C)c(C)c1. The molecule has 0 amide bonds. The van der Waals surface area contributed by atoms with Gasteiger partial charge in [-0.15, -0.1) is 0 Å². The molecule has 1 atom stereocenters. The molecule has 17 heavy (non-hydrogen) atoms. The van der Waals surface area contributed by atoms with Gasteiger partial charge in [-0.25, -0.2) is 0 Å². The average Bonchev–Trinajstić information content (AvgIpc) is 2.30. The summed E-state index contributed by atoms with van der Waals surface area (Å²) in [5.74, 6) is 0. The molecule has 0 nitrogen and oxygen atoms in total. The van der Waals surface area contributed by atoms with E-state index in [9.17, 15) is 0 Å². The minimum Gasteiger partial charge on any atom is -0.0887 e. The highest BCUT2D eigenvalue weighted by Gasteiger charge is 2.06. The molecule has 0 spiro atoms. The first kappa shape index (κ1) is 14.8. The molecule has 1 unspecified atom stereocenters. The van der Waals surface area contributed by atoms with E-state index in [0.717, 1.165) is 6.42 Å². The Balaban J connectivity index is 2.34. The van der Waals surface area contributed by atoms with Crippen molar-refractivity contribution in [3.05, 3.63) is 34.9 Å². The van der Waals surface area contributed by atoms with Gasteiger partial charge in [0.25, 0.3) is 0 Å². The van der Waals surface area contributed by atoms with E-state index in [2.05, 4.69) is 54.9 Å². The van der Waals surface area contributed by atoms with Crippen molar-refractivity contribution >= 4 is 15.9 Å². The monoisotopic (exact) mass is 296 g/mol. The molecule has 0 aliphatic rings. The first-order valence-corrected chi connectivity index (χ1v) is 7.75. The van der Waals surface area contributed by atoms with Crippen LogP contribution in [0, 0.1) is 13.8 Å². The third-order valence-electron chi connectivity index (χ3n) is 3.40. The van der Waals surface area contributed by atoms with Crippen LogP contribution in [-0.4, -0.2) is 4.83 Å². The molecule has 0 aromatic heterocycles. The summed E-state index contributed by atoms with van der Waals surface area (Å²) in [6, 6.07) is 6.83. The minimum atomic E-state index is 0.640. The van der Waals surface area contributed by atoms with E-state index in [1.165, 1.54) is 48.8 Å². The van der Waals surface area contributed by atoms with Gasteiger partial charge in [0.1, 0.15) is 0 Å². The molecule has 1 aromatic rings. The zero-order valence-electron chi connectivity index (χ0n) is 11.4. The smallest absolute Gasteiger partial charge is 0.0186 e. The first-order valence-electron chi connectivity index (χ1n) is 6.83. The van der Waals surface area contributed by atoms with Gasteiger partial charge in [-0.05, 0) is 43.4 Å². The summed E-state index contributed by atoms with van der Waals surface area (Å²) in [7, 11) is 0. The maximum absolute atomic E-state index is 3.81. The maximum Gasteiger partial charge on any atom is 0.0186 e. The third kappa shape index (κ3) is 5.72. The van der Waals surface area contributed by atoms with E-state index in [0.29, 0.717) is 4.83 Å². The second-order valence-electron chi connectivity index (χ2n) is 5.07. The topological polar surface area (TPSA) is 0 Å². The van der Waals surface area contributed by atoms with Gasteiger partial charge >= 0.3 is 0 Å². The highest BCUT2D eigenvalue weighted by atomic mass is 79.9. The Morgan fingerprint density at radius 3 is 2.47 bits per heavy atom. The van der Waals surface area contributed by atoms with Crippen molar-refractivity contribution in [3.8, 4) is 0 Å². The highest BCUT2D eigenvalue weighted by molar-refractivity contribution is 9.09. The zero-order chi connectivity index (χ0) is 12.7. The number of rotatable bonds is 7. The van der Waals surface area contributed by atoms with E-state index < -0.39 is 0 Å². The molecule has 1 rings (SSSR count). The van der Waals surface area contributed by atoms with Gasteiger partial charge in [-0.2, -0.15) is 0 Å². The van der Waals surface area contributed by atoms with Crippen molar-refractivity contribution in [2.75, 3.05) is 0 Å². The molecule has 0 fully saturated rings. The summed E-state index contributed by atoms with van der Waals surface area (Å²) in [4.78, 5) is 0.640. The van der Waals surface area contributed by atoms with Crippen molar-refractivity contribution in [2.45, 2.75) is 64.1 Å². The van der Waals surface area contributed by atoms with Crippen LogP contribution in [-0.2, 0) is 6.42 Å². The van der Waals surface area contributed by atoms with Crippen LogP contribution in [0.3, 0.4) is 0 Å². The molecule has 96 valence electrons. The van der Waals surface area contributed by atoms with E-state index >= 15 is 0 Å². The highest BCUT2D eigenvalue weighted by Crippen LogP contribution is 2.19. The van der Waals surface area contributed by atoms with Crippen molar-refractivity contribution in [1.82, 2.24) is 0 Å². The van der Waals surface area contributed by atoms with Gasteiger partial charge in [0.15, 0.2) is 0 Å². The molecule has 1 aromatic carbocycles. The molecular formula is C16H25Br. The number of unbranched alkanes of at least 4 members (excludes halogenated alkanes) is 3. The van der Waals surface area contributed by atoms with Crippen LogP contribution >= 0.6 is 15.9 Å². The summed E-state index contributed by atoms with van der Waals surface area (Å²) in [6.45, 7) is 6.64. The largest absolute Gasteiger partial charge is 0.0887 e. The summed E-state index contributed by atoms with van der Waals surface area (Å²) in [5, 5.41) is 0. The van der Waals surface area contributed by atoms with E-state index in [1.807, 2.05) is 0 Å². The van der Waals surface area contributed by atoms with E-state index in [1.54, 1.807) is 0 Å². The van der Waals surface area contributed by atoms with Crippen molar-refractivity contribution in [2.24, 2.45) is 0 Å². The fourth-order valence-corrected chi connectivity index (χ4v) is 2.78. The second kappa shape index (κ2) is 7.92. The van der Waals surface area contributed by atoms with Crippen LogP contribution < -0.4 is 0 Å². The Labute approximate surface area is 115 Å². The quantitative estimate of drug-likeness (QED) is 0.455. The van der Waals surface area contributed by atoms with Gasteiger partial charge in [0.05, 0.1) is 0 Å². The van der Waals surface area contributed by atoms with Crippen LogP contribution in [0.15, 0.2) is 18.2 Å². The number of benzene rings is 1. The van der Waals surface area contributed by atoms with Crippen molar-refractivity contribution < 1.29 is 0 Å². The van der Waals surface area contributed by atoms with Crippen molar-refractivity contribution in [3.63, 3.8) is 0 Å². The molecule has 0 N–H and O–H groups in total. The molecule has 0 heterocycles. The van der Waals surface area contributed by atoms with E-state index in [4.69, 9.17) is 0 Å². The summed E-state index contributed by atoms with van der Waals surface area (Å²) in [5.41, 5.74) is 4.27. The molecule has 0 saturated heterocycles. The van der Waals surface area contributed by atoms with Crippen LogP contribution in [0.5, 0.6) is 0 Å². The number of hydrogen-bond acceptors (Lipinski definition) is 0. The van der Waals surface area contributed by atoms with Crippen LogP contribution in [0.2, 0.25) is 0 Å². The second-order valence-corrected chi connectivity index (χ2v) is 6.36. The predicted octanol–water partition coefficient (Wildman–Crippen LogP) is 5.58. The fourth-order valence-electron chi connectivity index (χ4n) is 2.08. The maximum atomic E-state index is 3.81. The van der Waals surface area contributed by atoms with Gasteiger partial charge in [0, 0.05) is 4.83 Å². The Morgan fingerprint density at radius 2 is 1.82 bits per heavy atom. The van der Waals surface area contributed by atoms with Crippen LogP contribution in [0.25, 0.3) is 0 Å². The lowest BCUT2D eigenvalue weighted by Gasteiger charge is -2.11. The van der Waals surface area contributed by atoms with E-state index in [-0.39, 0.29) is 0 Å². The summed E-state index contributed by atoms with van der Waals surface area (Å²) < 4.78 is 0. The Bertz CT molecular complexity index is 330. The molecule has 0 bridgehead atoms. The van der Waals surface area contributed by atoms with Crippen LogP contribution in [0.4, 0.5) is 0 Å². The molecular weight excluding hydrogens is 272 g/mol. The Morgan fingerprint density at radius 1 is 1.06 bits per heavy atom. The number of hydrogen-bond donors (Lipinski definition) is 0. The van der Waals surface area contributed by atoms with Gasteiger partial charge in [0.2, 0.25) is 0 Å². The lowest BCUT2D eigenvalue weighted by Crippen LogP contribution is -2.03. The number of aryl methyl sites for hydroxylation is 2. The van der Waals surface area contributed by atoms with Gasteiger partial charge in [-0.1, -0.05) is 66.7 Å². The molecule has 0 aliphatic heterocycles. The minimum absolute atomic E-state index is 0.640. The number of alkyl halides is 1. The zero-order valence-corrected chi connectivity index (χ0v) is 13.0. The first-order chi connectivity index (χ1) is 8.13.